The van der Waals surface area contributed by atoms with E-state index in [4.69, 9.17) is 4.74 Å². The standard InChI is InChI=1S/C15H21NO5/c1-15(2,3)21-14(20)16(4)12(13(18)19)9-10-5-7-11(17)8-6-10/h5-8,12,17H,9H2,1-4H3,(H,18,19). The molecule has 1 aromatic rings. The molecular formula is C15H21NO5. The lowest BCUT2D eigenvalue weighted by Gasteiger charge is -2.28. The quantitative estimate of drug-likeness (QED) is 0.889. The first-order chi connectivity index (χ1) is 9.60. The summed E-state index contributed by atoms with van der Waals surface area (Å²) in [7, 11) is 1.40. The minimum atomic E-state index is -1.11. The number of likely N-dealkylation sites (N-methyl/N-ethyl adjacent to an activating group) is 1. The second-order valence-corrected chi connectivity index (χ2v) is 5.82. The molecule has 6 heteroatoms. The van der Waals surface area contributed by atoms with Crippen molar-refractivity contribution in [2.45, 2.75) is 38.8 Å². The predicted octanol–water partition coefficient (Wildman–Crippen LogP) is 2.25. The smallest absolute Gasteiger partial charge is 0.410 e. The van der Waals surface area contributed by atoms with E-state index in [1.807, 2.05) is 0 Å². The van der Waals surface area contributed by atoms with E-state index in [-0.39, 0.29) is 12.2 Å². The largest absolute Gasteiger partial charge is 0.508 e. The number of ether oxygens (including phenoxy) is 1. The Morgan fingerprint density at radius 2 is 1.76 bits per heavy atom. The first-order valence-corrected chi connectivity index (χ1v) is 6.56. The average molecular weight is 295 g/mol. The van der Waals surface area contributed by atoms with Crippen LogP contribution in [0.5, 0.6) is 5.75 Å². The summed E-state index contributed by atoms with van der Waals surface area (Å²) in [6.07, 6.45) is -0.556. The maximum atomic E-state index is 11.9. The number of carboxylic acid groups (broad SMARTS) is 1. The first kappa shape index (κ1) is 16.8. The molecule has 1 atom stereocenters. The molecule has 0 spiro atoms. The number of phenols is 1. The molecule has 116 valence electrons. The third kappa shape index (κ3) is 5.33. The Bertz CT molecular complexity index is 504. The molecule has 0 heterocycles. The van der Waals surface area contributed by atoms with Crippen LogP contribution in [0.25, 0.3) is 0 Å². The van der Waals surface area contributed by atoms with Gasteiger partial charge in [0.2, 0.25) is 0 Å². The topological polar surface area (TPSA) is 87.1 Å². The van der Waals surface area contributed by atoms with Gasteiger partial charge >= 0.3 is 12.1 Å². The molecule has 0 bridgehead atoms. The molecule has 1 aromatic carbocycles. The fraction of sp³-hybridized carbons (Fsp3) is 0.467. The van der Waals surface area contributed by atoms with Gasteiger partial charge in [-0.25, -0.2) is 9.59 Å². The van der Waals surface area contributed by atoms with Gasteiger partial charge in [0.15, 0.2) is 0 Å². The van der Waals surface area contributed by atoms with Crippen LogP contribution >= 0.6 is 0 Å². The van der Waals surface area contributed by atoms with E-state index >= 15 is 0 Å². The van der Waals surface area contributed by atoms with E-state index in [2.05, 4.69) is 0 Å². The number of benzene rings is 1. The Hall–Kier alpha value is -2.24. The Labute approximate surface area is 124 Å². The maximum Gasteiger partial charge on any atom is 0.410 e. The van der Waals surface area contributed by atoms with Gasteiger partial charge in [0.1, 0.15) is 17.4 Å². The Morgan fingerprint density at radius 3 is 2.19 bits per heavy atom. The van der Waals surface area contributed by atoms with E-state index in [0.717, 1.165) is 4.90 Å². The predicted molar refractivity (Wildman–Crippen MR) is 77.2 cm³/mol. The van der Waals surface area contributed by atoms with Crippen LogP contribution in [-0.2, 0) is 16.0 Å². The van der Waals surface area contributed by atoms with Gasteiger partial charge in [-0.15, -0.1) is 0 Å². The zero-order valence-corrected chi connectivity index (χ0v) is 12.7. The fourth-order valence-electron chi connectivity index (χ4n) is 1.71. The van der Waals surface area contributed by atoms with E-state index in [0.29, 0.717) is 5.56 Å². The molecular weight excluding hydrogens is 274 g/mol. The number of hydrogen-bond donors (Lipinski definition) is 2. The molecule has 0 saturated heterocycles. The van der Waals surface area contributed by atoms with Gasteiger partial charge in [-0.2, -0.15) is 0 Å². The summed E-state index contributed by atoms with van der Waals surface area (Å²) < 4.78 is 5.17. The van der Waals surface area contributed by atoms with Crippen LogP contribution in [0.2, 0.25) is 0 Å². The second kappa shape index (κ2) is 6.47. The maximum absolute atomic E-state index is 11.9. The molecule has 0 aromatic heterocycles. The van der Waals surface area contributed by atoms with Gasteiger partial charge in [-0.3, -0.25) is 4.90 Å². The number of phenolic OH excluding ortho intramolecular Hbond substituents is 1. The Kier molecular flexibility index (Phi) is 5.18. The number of carboxylic acids is 1. The van der Waals surface area contributed by atoms with Crippen LogP contribution in [-0.4, -0.2) is 45.9 Å². The molecule has 0 fully saturated rings. The minimum absolute atomic E-state index is 0.103. The molecule has 1 amide bonds. The van der Waals surface area contributed by atoms with Crippen LogP contribution in [0.1, 0.15) is 26.3 Å². The molecule has 2 N–H and O–H groups in total. The zero-order chi connectivity index (χ0) is 16.2. The lowest BCUT2D eigenvalue weighted by Crippen LogP contribution is -2.46. The monoisotopic (exact) mass is 295 g/mol. The summed E-state index contributed by atoms with van der Waals surface area (Å²) in [4.78, 5) is 24.4. The zero-order valence-electron chi connectivity index (χ0n) is 12.7. The molecule has 21 heavy (non-hydrogen) atoms. The summed E-state index contributed by atoms with van der Waals surface area (Å²) in [6, 6.07) is 5.15. The molecule has 0 aliphatic heterocycles. The highest BCUT2D eigenvalue weighted by molar-refractivity contribution is 5.80. The van der Waals surface area contributed by atoms with Crippen molar-refractivity contribution in [2.75, 3.05) is 7.05 Å². The molecule has 1 unspecified atom stereocenters. The van der Waals surface area contributed by atoms with Gasteiger partial charge < -0.3 is 14.9 Å². The first-order valence-electron chi connectivity index (χ1n) is 6.56. The number of carbonyl (C=O) groups excluding carboxylic acids is 1. The number of carbonyl (C=O) groups is 2. The van der Waals surface area contributed by atoms with Crippen molar-refractivity contribution >= 4 is 12.1 Å². The number of rotatable bonds is 4. The molecule has 6 nitrogen and oxygen atoms in total. The van der Waals surface area contributed by atoms with Crippen LogP contribution < -0.4 is 0 Å². The summed E-state index contributed by atoms with van der Waals surface area (Å²) in [6.45, 7) is 5.15. The average Bonchev–Trinajstić information content (AvgIpc) is 2.34. The van der Waals surface area contributed by atoms with Crippen LogP contribution in [0.4, 0.5) is 4.79 Å². The summed E-state index contributed by atoms with van der Waals surface area (Å²) in [5.74, 6) is -1.01. The van der Waals surface area contributed by atoms with Crippen molar-refractivity contribution in [2.24, 2.45) is 0 Å². The van der Waals surface area contributed by atoms with Crippen molar-refractivity contribution < 1.29 is 24.5 Å². The lowest BCUT2D eigenvalue weighted by molar-refractivity contribution is -0.142. The second-order valence-electron chi connectivity index (χ2n) is 5.82. The van der Waals surface area contributed by atoms with Crippen molar-refractivity contribution in [3.05, 3.63) is 29.8 Å². The van der Waals surface area contributed by atoms with E-state index in [1.165, 1.54) is 19.2 Å². The molecule has 0 aliphatic rings. The van der Waals surface area contributed by atoms with Crippen LogP contribution in [0.15, 0.2) is 24.3 Å². The third-order valence-electron chi connectivity index (χ3n) is 2.80. The van der Waals surface area contributed by atoms with E-state index in [1.54, 1.807) is 32.9 Å². The highest BCUT2D eigenvalue weighted by Gasteiger charge is 2.30. The molecule has 0 aliphatic carbocycles. The molecule has 1 rings (SSSR count). The van der Waals surface area contributed by atoms with Gasteiger partial charge in [0.05, 0.1) is 0 Å². The number of aromatic hydroxyl groups is 1. The van der Waals surface area contributed by atoms with Crippen LogP contribution in [0.3, 0.4) is 0 Å². The van der Waals surface area contributed by atoms with Crippen molar-refractivity contribution in [3.8, 4) is 5.75 Å². The van der Waals surface area contributed by atoms with E-state index < -0.39 is 23.7 Å². The Morgan fingerprint density at radius 1 is 1.24 bits per heavy atom. The van der Waals surface area contributed by atoms with Gasteiger partial charge in [-0.1, -0.05) is 12.1 Å². The number of amides is 1. The summed E-state index contributed by atoms with van der Waals surface area (Å²) in [5.41, 5.74) is 0.0167. The number of hydrogen-bond acceptors (Lipinski definition) is 4. The van der Waals surface area contributed by atoms with Crippen molar-refractivity contribution in [3.63, 3.8) is 0 Å². The summed E-state index contributed by atoms with van der Waals surface area (Å²) in [5, 5.41) is 18.5. The SMILES string of the molecule is CN(C(=O)OC(C)(C)C)C(Cc1ccc(O)cc1)C(=O)O. The normalized spacial score (nSPS) is 12.6. The lowest BCUT2D eigenvalue weighted by atomic mass is 10.1. The van der Waals surface area contributed by atoms with Gasteiger partial charge in [0, 0.05) is 13.5 Å². The third-order valence-corrected chi connectivity index (χ3v) is 2.80. The van der Waals surface area contributed by atoms with Gasteiger partial charge in [-0.05, 0) is 38.5 Å². The molecule has 0 saturated carbocycles. The molecule has 0 radical (unpaired) electrons. The number of nitrogens with zero attached hydrogens (tertiary/aromatic N) is 1. The summed E-state index contributed by atoms with van der Waals surface area (Å²) >= 11 is 0. The fourth-order valence-corrected chi connectivity index (χ4v) is 1.71. The van der Waals surface area contributed by atoms with Crippen molar-refractivity contribution in [1.29, 1.82) is 0 Å². The van der Waals surface area contributed by atoms with E-state index in [9.17, 15) is 19.8 Å². The number of aliphatic carboxylic acids is 1. The van der Waals surface area contributed by atoms with Crippen LogP contribution in [0, 0.1) is 0 Å². The minimum Gasteiger partial charge on any atom is -0.508 e. The highest BCUT2D eigenvalue weighted by atomic mass is 16.6. The highest BCUT2D eigenvalue weighted by Crippen LogP contribution is 2.16. The van der Waals surface area contributed by atoms with Gasteiger partial charge in [0.25, 0.3) is 0 Å². The Balaban J connectivity index is 2.83. The van der Waals surface area contributed by atoms with Crippen molar-refractivity contribution in [1.82, 2.24) is 4.90 Å².